The van der Waals surface area contributed by atoms with Crippen LogP contribution in [-0.2, 0) is 0 Å². The predicted molar refractivity (Wildman–Crippen MR) is 108 cm³/mol. The first-order valence-corrected chi connectivity index (χ1v) is 9.27. The summed E-state index contributed by atoms with van der Waals surface area (Å²) in [6.07, 6.45) is 1.12. The number of ether oxygens (including phenoxy) is 1. The summed E-state index contributed by atoms with van der Waals surface area (Å²) >= 11 is 0. The van der Waals surface area contributed by atoms with Crippen LogP contribution in [0.4, 0.5) is 0 Å². The number of hydrogen-bond donors (Lipinski definition) is 1. The maximum Gasteiger partial charge on any atom is 0.127 e. The molecule has 0 fully saturated rings. The van der Waals surface area contributed by atoms with E-state index in [9.17, 15) is 5.11 Å². The van der Waals surface area contributed by atoms with E-state index in [0.29, 0.717) is 6.42 Å². The van der Waals surface area contributed by atoms with Gasteiger partial charge >= 0.3 is 0 Å². The number of rotatable bonds is 7. The minimum atomic E-state index is -0.372. The van der Waals surface area contributed by atoms with E-state index < -0.39 is 0 Å². The van der Waals surface area contributed by atoms with Crippen LogP contribution >= 0.6 is 0 Å². The molecule has 2 heteroatoms. The van der Waals surface area contributed by atoms with Gasteiger partial charge in [0, 0.05) is 12.0 Å². The first kappa shape index (κ1) is 18.2. The molecule has 2 atom stereocenters. The van der Waals surface area contributed by atoms with Gasteiger partial charge in [-0.2, -0.15) is 0 Å². The summed E-state index contributed by atoms with van der Waals surface area (Å²) in [5.74, 6) is 0.864. The fourth-order valence-corrected chi connectivity index (χ4v) is 3.24. The Bertz CT molecular complexity index is 824. The molecule has 0 spiro atoms. The zero-order chi connectivity index (χ0) is 18.4. The van der Waals surface area contributed by atoms with E-state index in [1.54, 1.807) is 0 Å². The number of hydrogen-bond acceptors (Lipinski definition) is 2. The largest absolute Gasteiger partial charge is 0.490 e. The maximum atomic E-state index is 9.73. The summed E-state index contributed by atoms with van der Waals surface area (Å²) < 4.78 is 6.29. The van der Waals surface area contributed by atoms with E-state index in [1.807, 2.05) is 31.2 Å². The van der Waals surface area contributed by atoms with Crippen molar-refractivity contribution in [2.75, 3.05) is 0 Å². The lowest BCUT2D eigenvalue weighted by Gasteiger charge is -2.22. The van der Waals surface area contributed by atoms with Crippen molar-refractivity contribution in [2.45, 2.75) is 38.9 Å². The first-order chi connectivity index (χ1) is 12.7. The third-order valence-electron chi connectivity index (χ3n) is 4.54. The second-order valence-corrected chi connectivity index (χ2v) is 6.64. The van der Waals surface area contributed by atoms with Crippen LogP contribution in [0.25, 0.3) is 22.3 Å². The number of aliphatic hydroxyl groups excluding tert-OH is 1. The third-order valence-corrected chi connectivity index (χ3v) is 4.54. The average Bonchev–Trinajstić information content (AvgIpc) is 2.68. The van der Waals surface area contributed by atoms with Crippen molar-refractivity contribution < 1.29 is 9.84 Å². The van der Waals surface area contributed by atoms with Crippen LogP contribution in [0.3, 0.4) is 0 Å². The van der Waals surface area contributed by atoms with Gasteiger partial charge in [0.05, 0.1) is 6.10 Å². The second-order valence-electron chi connectivity index (χ2n) is 6.64. The van der Waals surface area contributed by atoms with Gasteiger partial charge in [0.1, 0.15) is 11.9 Å². The van der Waals surface area contributed by atoms with Crippen molar-refractivity contribution in [1.29, 1.82) is 0 Å². The Labute approximate surface area is 156 Å². The fourth-order valence-electron chi connectivity index (χ4n) is 3.24. The Morgan fingerprint density at radius 1 is 0.769 bits per heavy atom. The Hall–Kier alpha value is -2.58. The molecule has 0 saturated heterocycles. The number of benzene rings is 3. The molecule has 0 bridgehead atoms. The van der Waals surface area contributed by atoms with Crippen molar-refractivity contribution in [3.63, 3.8) is 0 Å². The molecular formula is C24H26O2. The highest BCUT2D eigenvalue weighted by atomic mass is 16.5. The molecule has 0 aromatic heterocycles. The van der Waals surface area contributed by atoms with Gasteiger partial charge in [-0.05, 0) is 36.1 Å². The molecule has 134 valence electrons. The van der Waals surface area contributed by atoms with E-state index >= 15 is 0 Å². The number of para-hydroxylation sites is 1. The second kappa shape index (κ2) is 8.68. The Kier molecular flexibility index (Phi) is 6.08. The summed E-state index contributed by atoms with van der Waals surface area (Å²) in [6, 6.07) is 27.0. The number of aliphatic hydroxyl groups is 1. The van der Waals surface area contributed by atoms with Crippen molar-refractivity contribution in [1.82, 2.24) is 0 Å². The summed E-state index contributed by atoms with van der Waals surface area (Å²) in [7, 11) is 0. The Morgan fingerprint density at radius 3 is 2.00 bits per heavy atom. The molecule has 0 radical (unpaired) electrons. The van der Waals surface area contributed by atoms with Gasteiger partial charge in [0.2, 0.25) is 0 Å². The van der Waals surface area contributed by atoms with Gasteiger partial charge in [-0.25, -0.2) is 0 Å². The predicted octanol–water partition coefficient (Wildman–Crippen LogP) is 5.95. The third kappa shape index (κ3) is 4.33. The van der Waals surface area contributed by atoms with Crippen LogP contribution in [0, 0.1) is 0 Å². The minimum absolute atomic E-state index is 0.0000347. The minimum Gasteiger partial charge on any atom is -0.490 e. The van der Waals surface area contributed by atoms with E-state index in [2.05, 4.69) is 61.5 Å². The van der Waals surface area contributed by atoms with Crippen molar-refractivity contribution in [3.05, 3.63) is 78.9 Å². The molecule has 3 rings (SSSR count). The van der Waals surface area contributed by atoms with Gasteiger partial charge in [-0.1, -0.05) is 79.7 Å². The normalized spacial score (nSPS) is 13.2. The summed E-state index contributed by atoms with van der Waals surface area (Å²) in [5, 5.41) is 9.73. The van der Waals surface area contributed by atoms with E-state index in [4.69, 9.17) is 4.74 Å². The van der Waals surface area contributed by atoms with Crippen LogP contribution in [0.15, 0.2) is 78.9 Å². The van der Waals surface area contributed by atoms with Crippen molar-refractivity contribution in [2.24, 2.45) is 0 Å². The van der Waals surface area contributed by atoms with E-state index in [-0.39, 0.29) is 12.2 Å². The van der Waals surface area contributed by atoms with Gasteiger partial charge in [-0.15, -0.1) is 0 Å². The molecule has 1 N–H and O–H groups in total. The monoisotopic (exact) mass is 346 g/mol. The van der Waals surface area contributed by atoms with Crippen LogP contribution in [0.1, 0.15) is 26.7 Å². The van der Waals surface area contributed by atoms with E-state index in [0.717, 1.165) is 23.3 Å². The molecule has 0 amide bonds. The van der Waals surface area contributed by atoms with Gasteiger partial charge in [0.25, 0.3) is 0 Å². The molecule has 2 nitrogen and oxygen atoms in total. The first-order valence-electron chi connectivity index (χ1n) is 9.27. The average molecular weight is 346 g/mol. The van der Waals surface area contributed by atoms with Gasteiger partial charge < -0.3 is 9.84 Å². The lowest BCUT2D eigenvalue weighted by molar-refractivity contribution is 0.104. The highest BCUT2D eigenvalue weighted by molar-refractivity contribution is 5.86. The molecule has 0 saturated carbocycles. The standard InChI is InChI=1S/C24H26O2/c1-3-20(17-18(2)25)26-24-16-10-9-15-23(24)22-14-8-7-13-21(22)19-11-5-4-6-12-19/h4-16,18,20,25H,3,17H2,1-2H3. The lowest BCUT2D eigenvalue weighted by atomic mass is 9.94. The maximum absolute atomic E-state index is 9.73. The zero-order valence-corrected chi connectivity index (χ0v) is 15.4. The van der Waals surface area contributed by atoms with Crippen LogP contribution in [-0.4, -0.2) is 17.3 Å². The summed E-state index contributed by atoms with van der Waals surface area (Å²) in [5.41, 5.74) is 4.61. The zero-order valence-electron chi connectivity index (χ0n) is 15.4. The van der Waals surface area contributed by atoms with Crippen LogP contribution in [0.2, 0.25) is 0 Å². The highest BCUT2D eigenvalue weighted by Crippen LogP contribution is 2.37. The molecule has 3 aromatic carbocycles. The topological polar surface area (TPSA) is 29.5 Å². The lowest BCUT2D eigenvalue weighted by Crippen LogP contribution is -2.21. The Balaban J connectivity index is 2.01. The molecule has 0 aliphatic heterocycles. The molecule has 2 unspecified atom stereocenters. The van der Waals surface area contributed by atoms with Gasteiger partial charge in [-0.3, -0.25) is 0 Å². The molecule has 0 heterocycles. The molecule has 0 aliphatic carbocycles. The van der Waals surface area contributed by atoms with E-state index in [1.165, 1.54) is 11.1 Å². The summed E-state index contributed by atoms with van der Waals surface area (Å²) in [4.78, 5) is 0. The molecule has 26 heavy (non-hydrogen) atoms. The van der Waals surface area contributed by atoms with Gasteiger partial charge in [0.15, 0.2) is 0 Å². The van der Waals surface area contributed by atoms with Crippen LogP contribution < -0.4 is 4.74 Å². The highest BCUT2D eigenvalue weighted by Gasteiger charge is 2.16. The smallest absolute Gasteiger partial charge is 0.127 e. The molecular weight excluding hydrogens is 320 g/mol. The fraction of sp³-hybridized carbons (Fsp3) is 0.250. The Morgan fingerprint density at radius 2 is 1.35 bits per heavy atom. The molecule has 0 aliphatic rings. The SMILES string of the molecule is CCC(CC(C)O)Oc1ccccc1-c1ccccc1-c1ccccc1. The quantitative estimate of drug-likeness (QED) is 0.573. The summed E-state index contributed by atoms with van der Waals surface area (Å²) in [6.45, 7) is 3.90. The van der Waals surface area contributed by atoms with Crippen molar-refractivity contribution >= 4 is 0 Å². The molecule has 3 aromatic rings. The van der Waals surface area contributed by atoms with Crippen LogP contribution in [0.5, 0.6) is 5.75 Å². The van der Waals surface area contributed by atoms with Crippen molar-refractivity contribution in [3.8, 4) is 28.0 Å².